The van der Waals surface area contributed by atoms with Crippen molar-refractivity contribution in [3.8, 4) is 5.75 Å². The molecule has 136 valence electrons. The Morgan fingerprint density at radius 1 is 1.17 bits per heavy atom. The zero-order chi connectivity index (χ0) is 16.5. The number of ketones is 1. The van der Waals surface area contributed by atoms with Gasteiger partial charge in [0, 0.05) is 13.0 Å². The molecule has 1 aromatic carbocycles. The smallest absolute Gasteiger partial charge is 0.166 e. The second kappa shape index (κ2) is 11.5. The van der Waals surface area contributed by atoms with Crippen LogP contribution in [0.4, 0.5) is 0 Å². The van der Waals surface area contributed by atoms with Gasteiger partial charge in [-0.3, -0.25) is 4.79 Å². The number of benzene rings is 1. The molecule has 1 aromatic rings. The Hall–Kier alpha value is -1.10. The molecule has 24 heavy (non-hydrogen) atoms. The summed E-state index contributed by atoms with van der Waals surface area (Å²) in [6, 6.07) is 7.42. The van der Waals surface area contributed by atoms with Crippen LogP contribution in [-0.4, -0.2) is 50.1 Å². The van der Waals surface area contributed by atoms with E-state index in [1.54, 1.807) is 0 Å². The maximum atomic E-state index is 11.9. The summed E-state index contributed by atoms with van der Waals surface area (Å²) in [4.78, 5) is 14.3. The number of piperidine rings is 1. The van der Waals surface area contributed by atoms with Crippen molar-refractivity contribution in [1.29, 1.82) is 0 Å². The summed E-state index contributed by atoms with van der Waals surface area (Å²) in [6.45, 7) is 9.34. The summed E-state index contributed by atoms with van der Waals surface area (Å²) in [5.41, 5.74) is 0.664. The zero-order valence-corrected chi connectivity index (χ0v) is 15.6. The van der Waals surface area contributed by atoms with E-state index in [9.17, 15) is 4.79 Å². The molecule has 0 amide bonds. The number of carbonyl (C=O) groups is 1. The van der Waals surface area contributed by atoms with E-state index in [0.29, 0.717) is 30.9 Å². The number of rotatable bonds is 9. The average Bonchev–Trinajstić information content (AvgIpc) is 2.59. The highest BCUT2D eigenvalue weighted by molar-refractivity contribution is 5.98. The van der Waals surface area contributed by atoms with E-state index < -0.39 is 0 Å². The largest absolute Gasteiger partial charge is 0.490 e. The molecule has 1 heterocycles. The first-order chi connectivity index (χ1) is 11.2. The van der Waals surface area contributed by atoms with Crippen LogP contribution in [0, 0.1) is 5.92 Å². The van der Waals surface area contributed by atoms with Gasteiger partial charge in [-0.25, -0.2) is 0 Å². The minimum atomic E-state index is 0. The maximum absolute atomic E-state index is 11.9. The molecule has 0 unspecified atom stereocenters. The number of nitrogens with zero attached hydrogens (tertiary/aromatic N) is 1. The molecule has 1 fully saturated rings. The lowest BCUT2D eigenvalue weighted by molar-refractivity contribution is 0.0704. The summed E-state index contributed by atoms with van der Waals surface area (Å²) in [5, 5.41) is 0. The first-order valence-electron chi connectivity index (χ1n) is 8.75. The first kappa shape index (κ1) is 20.9. The molecule has 0 bridgehead atoms. The van der Waals surface area contributed by atoms with Crippen molar-refractivity contribution in [1.82, 2.24) is 4.90 Å². The van der Waals surface area contributed by atoms with Gasteiger partial charge in [0.2, 0.25) is 0 Å². The van der Waals surface area contributed by atoms with E-state index in [-0.39, 0.29) is 18.2 Å². The van der Waals surface area contributed by atoms with E-state index in [4.69, 9.17) is 9.47 Å². The van der Waals surface area contributed by atoms with Gasteiger partial charge < -0.3 is 14.4 Å². The monoisotopic (exact) mass is 355 g/mol. The van der Waals surface area contributed by atoms with Crippen molar-refractivity contribution >= 4 is 18.2 Å². The molecule has 2 rings (SSSR count). The number of likely N-dealkylation sites (tertiary alicyclic amines) is 1. The summed E-state index contributed by atoms with van der Waals surface area (Å²) in [5.74, 6) is 1.64. The molecule has 5 heteroatoms. The van der Waals surface area contributed by atoms with Crippen LogP contribution < -0.4 is 4.74 Å². The van der Waals surface area contributed by atoms with Crippen LogP contribution in [0.3, 0.4) is 0 Å². The van der Waals surface area contributed by atoms with E-state index in [1.165, 1.54) is 25.9 Å². The minimum absolute atomic E-state index is 0. The fraction of sp³-hybridized carbons (Fsp3) is 0.632. The van der Waals surface area contributed by atoms with Crippen LogP contribution >= 0.6 is 12.4 Å². The molecule has 0 saturated carbocycles. The number of ether oxygens (including phenoxy) is 2. The van der Waals surface area contributed by atoms with Gasteiger partial charge in [-0.05, 0) is 44.0 Å². The SMILES string of the molecule is CCC(=O)c1ccccc1OCCOCCN1CCC(C)CC1.Cl. The van der Waals surface area contributed by atoms with Crippen LogP contribution in [0.5, 0.6) is 5.75 Å². The molecule has 0 N–H and O–H groups in total. The number of hydrogen-bond donors (Lipinski definition) is 0. The molecule has 1 aliphatic rings. The van der Waals surface area contributed by atoms with Crippen molar-refractivity contribution in [2.45, 2.75) is 33.1 Å². The number of carbonyl (C=O) groups excluding carboxylic acids is 1. The van der Waals surface area contributed by atoms with Gasteiger partial charge in [0.15, 0.2) is 5.78 Å². The molecule has 0 aliphatic carbocycles. The first-order valence-corrected chi connectivity index (χ1v) is 8.75. The van der Waals surface area contributed by atoms with Gasteiger partial charge in [0.25, 0.3) is 0 Å². The van der Waals surface area contributed by atoms with Crippen LogP contribution in [-0.2, 0) is 4.74 Å². The van der Waals surface area contributed by atoms with E-state index in [0.717, 1.165) is 19.1 Å². The Morgan fingerprint density at radius 3 is 2.58 bits per heavy atom. The van der Waals surface area contributed by atoms with Gasteiger partial charge >= 0.3 is 0 Å². The average molecular weight is 356 g/mol. The highest BCUT2D eigenvalue weighted by Crippen LogP contribution is 2.19. The fourth-order valence-corrected chi connectivity index (χ4v) is 2.81. The Kier molecular flexibility index (Phi) is 9.99. The lowest BCUT2D eigenvalue weighted by Gasteiger charge is -2.29. The van der Waals surface area contributed by atoms with Gasteiger partial charge in [0.1, 0.15) is 12.4 Å². The highest BCUT2D eigenvalue weighted by Gasteiger charge is 2.15. The normalized spacial score (nSPS) is 15.8. The molecular formula is C19H30ClNO3. The highest BCUT2D eigenvalue weighted by atomic mass is 35.5. The quantitative estimate of drug-likeness (QED) is 0.498. The molecule has 1 aliphatic heterocycles. The summed E-state index contributed by atoms with van der Waals surface area (Å²) >= 11 is 0. The summed E-state index contributed by atoms with van der Waals surface area (Å²) < 4.78 is 11.4. The third kappa shape index (κ3) is 6.80. The second-order valence-electron chi connectivity index (χ2n) is 6.26. The van der Waals surface area contributed by atoms with Crippen LogP contribution in [0.2, 0.25) is 0 Å². The van der Waals surface area contributed by atoms with Gasteiger partial charge in [-0.1, -0.05) is 26.0 Å². The van der Waals surface area contributed by atoms with Gasteiger partial charge in [-0.2, -0.15) is 0 Å². The number of para-hydroxylation sites is 1. The van der Waals surface area contributed by atoms with Gasteiger partial charge in [0.05, 0.1) is 18.8 Å². The van der Waals surface area contributed by atoms with Crippen molar-refractivity contribution in [3.63, 3.8) is 0 Å². The van der Waals surface area contributed by atoms with Crippen LogP contribution in [0.25, 0.3) is 0 Å². The molecule has 1 saturated heterocycles. The molecule has 4 nitrogen and oxygen atoms in total. The second-order valence-corrected chi connectivity index (χ2v) is 6.26. The number of halogens is 1. The maximum Gasteiger partial charge on any atom is 0.166 e. The lowest BCUT2D eigenvalue weighted by Crippen LogP contribution is -2.35. The van der Waals surface area contributed by atoms with Crippen molar-refractivity contribution in [2.24, 2.45) is 5.92 Å². The fourth-order valence-electron chi connectivity index (χ4n) is 2.81. The Labute approximate surface area is 151 Å². The van der Waals surface area contributed by atoms with Gasteiger partial charge in [-0.15, -0.1) is 12.4 Å². The topological polar surface area (TPSA) is 38.8 Å². The predicted octanol–water partition coefficient (Wildman–Crippen LogP) is 3.83. The molecular weight excluding hydrogens is 326 g/mol. The molecule has 0 aromatic heterocycles. The third-order valence-corrected chi connectivity index (χ3v) is 4.42. The summed E-state index contributed by atoms with van der Waals surface area (Å²) in [6.07, 6.45) is 3.09. The van der Waals surface area contributed by atoms with Crippen molar-refractivity contribution < 1.29 is 14.3 Å². The number of Topliss-reactive ketones (excluding diaryl/α,β-unsaturated/α-hetero) is 1. The molecule has 0 radical (unpaired) electrons. The van der Waals surface area contributed by atoms with Crippen molar-refractivity contribution in [2.75, 3.05) is 39.5 Å². The zero-order valence-electron chi connectivity index (χ0n) is 14.8. The van der Waals surface area contributed by atoms with E-state index >= 15 is 0 Å². The van der Waals surface area contributed by atoms with Crippen LogP contribution in [0.1, 0.15) is 43.5 Å². The van der Waals surface area contributed by atoms with Crippen LogP contribution in [0.15, 0.2) is 24.3 Å². The Bertz CT molecular complexity index is 487. The Morgan fingerprint density at radius 2 is 1.88 bits per heavy atom. The van der Waals surface area contributed by atoms with E-state index in [2.05, 4.69) is 11.8 Å². The third-order valence-electron chi connectivity index (χ3n) is 4.42. The van der Waals surface area contributed by atoms with E-state index in [1.807, 2.05) is 31.2 Å². The molecule has 0 spiro atoms. The summed E-state index contributed by atoms with van der Waals surface area (Å²) in [7, 11) is 0. The predicted molar refractivity (Wildman–Crippen MR) is 99.5 cm³/mol. The Balaban J connectivity index is 0.00000288. The standard InChI is InChI=1S/C19H29NO3.ClH/c1-3-18(21)17-6-4-5-7-19(17)23-15-14-22-13-12-20-10-8-16(2)9-11-20;/h4-7,16H,3,8-15H2,1-2H3;1H. The molecule has 0 atom stereocenters. The lowest BCUT2D eigenvalue weighted by atomic mass is 9.99. The number of hydrogen-bond acceptors (Lipinski definition) is 4. The van der Waals surface area contributed by atoms with Crippen molar-refractivity contribution in [3.05, 3.63) is 29.8 Å². The minimum Gasteiger partial charge on any atom is -0.490 e.